The molecule has 0 aliphatic carbocycles. The highest BCUT2D eigenvalue weighted by Gasteiger charge is 2.37. The Hall–Kier alpha value is -1.68. The maximum atomic E-state index is 12.4. The zero-order valence-corrected chi connectivity index (χ0v) is 26.6. The van der Waals surface area contributed by atoms with E-state index in [-0.39, 0.29) is 5.91 Å². The quantitative estimate of drug-likeness (QED) is 0.0898. The number of carbonyl (C=O) groups excluding carboxylic acids is 1. The van der Waals surface area contributed by atoms with Gasteiger partial charge in [-0.25, -0.2) is 4.99 Å². The minimum Gasteiger partial charge on any atom is -0.356 e. The molecule has 0 unspecified atom stereocenters. The molecule has 1 amide bonds. The first-order valence-corrected chi connectivity index (χ1v) is 17.4. The van der Waals surface area contributed by atoms with Gasteiger partial charge in [0, 0.05) is 31.4 Å². The summed E-state index contributed by atoms with van der Waals surface area (Å²) in [4.78, 5) is 17.5. The van der Waals surface area contributed by atoms with Crippen LogP contribution >= 0.6 is 0 Å². The Bertz CT molecular complexity index is 778. The maximum absolute atomic E-state index is 12.4. The smallest absolute Gasteiger partial charge is 0.219 e. The van der Waals surface area contributed by atoms with Gasteiger partial charge in [0.2, 0.25) is 5.91 Å². The Kier molecular flexibility index (Phi) is 19.8. The van der Waals surface area contributed by atoms with Crippen LogP contribution in [0.1, 0.15) is 154 Å². The highest BCUT2D eigenvalue weighted by Crippen LogP contribution is 2.25. The molecule has 0 radical (unpaired) electrons. The first-order chi connectivity index (χ1) is 19.7. The van der Waals surface area contributed by atoms with Gasteiger partial charge in [-0.3, -0.25) is 9.28 Å². The van der Waals surface area contributed by atoms with Gasteiger partial charge < -0.3 is 5.32 Å². The fourth-order valence-electron chi connectivity index (χ4n) is 6.28. The summed E-state index contributed by atoms with van der Waals surface area (Å²) in [7, 11) is 0. The lowest BCUT2D eigenvalue weighted by Crippen LogP contribution is -2.51. The molecule has 0 spiro atoms. The lowest BCUT2D eigenvalue weighted by molar-refractivity contribution is -0.850. The van der Waals surface area contributed by atoms with Crippen molar-refractivity contribution in [3.63, 3.8) is 0 Å². The van der Waals surface area contributed by atoms with Crippen molar-refractivity contribution in [2.75, 3.05) is 26.2 Å². The number of benzene rings is 1. The number of quaternary nitrogens is 1. The molecule has 1 N–H and O–H groups in total. The Morgan fingerprint density at radius 1 is 0.725 bits per heavy atom. The third-order valence-electron chi connectivity index (χ3n) is 8.79. The molecule has 2 rings (SSSR count). The van der Waals surface area contributed by atoms with E-state index < -0.39 is 0 Å². The standard InChI is InChI=1S/C36H63N3O/c1-3-5-7-9-11-13-15-17-22-27-35-37-30-32-39(35,33-34-25-20-19-21-26-34)31-24-29-38-36(40)28-23-18-16-14-12-10-8-6-4-2/h19-21,25-26H,3-18,22-24,27-33H2,1-2H3/p+1/t39-/m1/s1. The van der Waals surface area contributed by atoms with Crippen LogP contribution in [0.3, 0.4) is 0 Å². The maximum Gasteiger partial charge on any atom is 0.219 e. The van der Waals surface area contributed by atoms with Crippen molar-refractivity contribution in [2.24, 2.45) is 4.99 Å². The number of nitrogens with one attached hydrogen (secondary N) is 1. The second-order valence-electron chi connectivity index (χ2n) is 12.4. The first-order valence-electron chi connectivity index (χ1n) is 17.4. The van der Waals surface area contributed by atoms with Crippen molar-refractivity contribution in [2.45, 2.75) is 155 Å². The van der Waals surface area contributed by atoms with Gasteiger partial charge in [-0.15, -0.1) is 0 Å². The Morgan fingerprint density at radius 2 is 1.27 bits per heavy atom. The van der Waals surface area contributed by atoms with Gasteiger partial charge in [0.05, 0.1) is 13.1 Å². The van der Waals surface area contributed by atoms with Crippen LogP contribution < -0.4 is 5.32 Å². The Morgan fingerprint density at radius 3 is 1.88 bits per heavy atom. The number of rotatable bonds is 26. The van der Waals surface area contributed by atoms with E-state index in [0.717, 1.165) is 56.5 Å². The molecule has 4 nitrogen and oxygen atoms in total. The van der Waals surface area contributed by atoms with Crippen LogP contribution in [0.4, 0.5) is 0 Å². The summed E-state index contributed by atoms with van der Waals surface area (Å²) in [5.41, 5.74) is 1.40. The van der Waals surface area contributed by atoms with Crippen molar-refractivity contribution in [1.29, 1.82) is 0 Å². The molecule has 40 heavy (non-hydrogen) atoms. The number of amides is 1. The van der Waals surface area contributed by atoms with Crippen LogP contribution in [0.2, 0.25) is 0 Å². The fourth-order valence-corrected chi connectivity index (χ4v) is 6.28. The Labute approximate surface area is 248 Å². The first kappa shape index (κ1) is 34.5. The lowest BCUT2D eigenvalue weighted by Gasteiger charge is -2.35. The monoisotopic (exact) mass is 555 g/mol. The predicted molar refractivity (Wildman–Crippen MR) is 174 cm³/mol. The predicted octanol–water partition coefficient (Wildman–Crippen LogP) is 9.76. The number of aliphatic imine (C=N–C) groups is 1. The third kappa shape index (κ3) is 15.4. The van der Waals surface area contributed by atoms with Gasteiger partial charge in [0.1, 0.15) is 13.1 Å². The molecule has 1 atom stereocenters. The normalized spacial score (nSPS) is 16.8. The molecule has 1 aromatic carbocycles. The van der Waals surface area contributed by atoms with E-state index in [1.54, 1.807) is 0 Å². The third-order valence-corrected chi connectivity index (χ3v) is 8.79. The zero-order chi connectivity index (χ0) is 28.6. The number of carbonyl (C=O) groups is 1. The van der Waals surface area contributed by atoms with Crippen molar-refractivity contribution >= 4 is 11.7 Å². The highest BCUT2D eigenvalue weighted by atomic mass is 16.1. The van der Waals surface area contributed by atoms with Gasteiger partial charge in [-0.1, -0.05) is 147 Å². The van der Waals surface area contributed by atoms with E-state index in [2.05, 4.69) is 49.5 Å². The number of amidine groups is 1. The molecule has 1 aliphatic rings. The van der Waals surface area contributed by atoms with Crippen LogP contribution in [0, 0.1) is 0 Å². The second-order valence-corrected chi connectivity index (χ2v) is 12.4. The topological polar surface area (TPSA) is 41.5 Å². The second kappa shape index (κ2) is 22.9. The zero-order valence-electron chi connectivity index (χ0n) is 26.6. The van der Waals surface area contributed by atoms with Crippen molar-refractivity contribution < 1.29 is 9.28 Å². The summed E-state index contributed by atoms with van der Waals surface area (Å²) in [6, 6.07) is 11.0. The van der Waals surface area contributed by atoms with E-state index >= 15 is 0 Å². The minimum absolute atomic E-state index is 0.238. The molecular weight excluding hydrogens is 490 g/mol. The molecule has 1 heterocycles. The van der Waals surface area contributed by atoms with Crippen LogP contribution in [-0.4, -0.2) is 42.4 Å². The molecule has 4 heteroatoms. The fraction of sp³-hybridized carbons (Fsp3) is 0.778. The van der Waals surface area contributed by atoms with E-state index in [9.17, 15) is 4.79 Å². The van der Waals surface area contributed by atoms with Gasteiger partial charge in [0.15, 0.2) is 5.84 Å². The summed E-state index contributed by atoms with van der Waals surface area (Å²) in [5, 5.41) is 3.22. The number of unbranched alkanes of at least 4 members (excludes halogenated alkanes) is 16. The number of nitrogens with zero attached hydrogens (tertiary/aromatic N) is 2. The lowest BCUT2D eigenvalue weighted by atomic mass is 10.1. The van der Waals surface area contributed by atoms with E-state index in [1.165, 1.54) is 121 Å². The van der Waals surface area contributed by atoms with Gasteiger partial charge in [-0.2, -0.15) is 0 Å². The van der Waals surface area contributed by atoms with E-state index in [4.69, 9.17) is 4.99 Å². The molecular formula is C36H64N3O+. The summed E-state index contributed by atoms with van der Waals surface area (Å²) in [5.74, 6) is 1.65. The minimum atomic E-state index is 0.238. The molecule has 1 aliphatic heterocycles. The molecule has 0 saturated heterocycles. The molecule has 228 valence electrons. The Balaban J connectivity index is 1.68. The van der Waals surface area contributed by atoms with Crippen LogP contribution in [0.15, 0.2) is 35.3 Å². The van der Waals surface area contributed by atoms with E-state index in [0.29, 0.717) is 6.42 Å². The molecule has 0 aromatic heterocycles. The van der Waals surface area contributed by atoms with Gasteiger partial charge in [0.25, 0.3) is 0 Å². The summed E-state index contributed by atoms with van der Waals surface area (Å²) < 4.78 is 0.995. The molecule has 0 fully saturated rings. The van der Waals surface area contributed by atoms with Crippen LogP contribution in [0.5, 0.6) is 0 Å². The SMILES string of the molecule is CCCCCCCCCCCC(=O)NCCC[N@+]1(Cc2ccccc2)CCN=C1CCCCCCCCCCC. The number of hydrogen-bond donors (Lipinski definition) is 1. The molecule has 0 saturated carbocycles. The average molecular weight is 555 g/mol. The van der Waals surface area contributed by atoms with Crippen LogP contribution in [-0.2, 0) is 11.3 Å². The van der Waals surface area contributed by atoms with E-state index in [1.807, 2.05) is 0 Å². The van der Waals surface area contributed by atoms with Crippen molar-refractivity contribution in [3.8, 4) is 0 Å². The van der Waals surface area contributed by atoms with Crippen molar-refractivity contribution in [3.05, 3.63) is 35.9 Å². The highest BCUT2D eigenvalue weighted by molar-refractivity contribution is 5.77. The molecule has 0 bridgehead atoms. The average Bonchev–Trinajstić information content (AvgIpc) is 3.36. The van der Waals surface area contributed by atoms with Crippen molar-refractivity contribution in [1.82, 2.24) is 5.32 Å². The number of hydrogen-bond acceptors (Lipinski definition) is 2. The summed E-state index contributed by atoms with van der Waals surface area (Å²) in [6.45, 7) is 9.51. The largest absolute Gasteiger partial charge is 0.356 e. The summed E-state index contributed by atoms with van der Waals surface area (Å²) in [6.07, 6.45) is 26.8. The van der Waals surface area contributed by atoms with Crippen LogP contribution in [0.25, 0.3) is 0 Å². The van der Waals surface area contributed by atoms with Gasteiger partial charge in [-0.05, 0) is 12.8 Å². The summed E-state index contributed by atoms with van der Waals surface area (Å²) >= 11 is 0. The van der Waals surface area contributed by atoms with Gasteiger partial charge >= 0.3 is 0 Å². The molecule has 1 aromatic rings.